The van der Waals surface area contributed by atoms with E-state index < -0.39 is 0 Å². The Balaban J connectivity index is 2.06. The molecule has 96 valence electrons. The van der Waals surface area contributed by atoms with E-state index in [4.69, 9.17) is 10.7 Å². The van der Waals surface area contributed by atoms with Gasteiger partial charge in [-0.3, -0.25) is 0 Å². The Morgan fingerprint density at radius 3 is 2.72 bits per heavy atom. The van der Waals surface area contributed by atoms with E-state index in [0.29, 0.717) is 6.54 Å². The first-order valence-electron chi connectivity index (χ1n) is 6.60. The number of nitrogens with zero attached hydrogens (tertiary/aromatic N) is 2. The molecule has 0 radical (unpaired) electrons. The van der Waals surface area contributed by atoms with Crippen molar-refractivity contribution in [1.82, 2.24) is 9.55 Å². The molecule has 0 unspecified atom stereocenters. The summed E-state index contributed by atoms with van der Waals surface area (Å²) in [6.45, 7) is 0.699. The fourth-order valence-corrected chi connectivity index (χ4v) is 3.43. The Labute approximate surface area is 112 Å². The second-order valence-corrected chi connectivity index (χ2v) is 5.97. The van der Waals surface area contributed by atoms with Gasteiger partial charge in [0.2, 0.25) is 0 Å². The van der Waals surface area contributed by atoms with Gasteiger partial charge in [-0.15, -0.1) is 0 Å². The van der Waals surface area contributed by atoms with Gasteiger partial charge < -0.3 is 10.3 Å². The number of rotatable bonds is 3. The Hall–Kier alpha value is -1.00. The van der Waals surface area contributed by atoms with E-state index in [2.05, 4.69) is 23.7 Å². The van der Waals surface area contributed by atoms with Crippen molar-refractivity contribution in [2.75, 3.05) is 12.3 Å². The molecule has 18 heavy (non-hydrogen) atoms. The first-order chi connectivity index (χ1) is 8.79. The number of hydrogen-bond acceptors (Lipinski definition) is 3. The minimum atomic E-state index is 0.699. The predicted molar refractivity (Wildman–Crippen MR) is 77.1 cm³/mol. The minimum Gasteiger partial charge on any atom is -0.330 e. The third-order valence-corrected chi connectivity index (χ3v) is 4.72. The van der Waals surface area contributed by atoms with Crippen molar-refractivity contribution in [2.24, 2.45) is 12.8 Å². The predicted octanol–water partition coefficient (Wildman–Crippen LogP) is 2.50. The van der Waals surface area contributed by atoms with E-state index in [9.17, 15) is 0 Å². The Kier molecular flexibility index (Phi) is 3.31. The summed E-state index contributed by atoms with van der Waals surface area (Å²) in [5.41, 5.74) is 11.0. The summed E-state index contributed by atoms with van der Waals surface area (Å²) in [5, 5.41) is 1.08. The molecule has 1 heterocycles. The van der Waals surface area contributed by atoms with Crippen molar-refractivity contribution >= 4 is 22.8 Å². The van der Waals surface area contributed by atoms with Crippen molar-refractivity contribution in [1.29, 1.82) is 0 Å². The molecule has 1 aromatic carbocycles. The van der Waals surface area contributed by atoms with Crippen LogP contribution in [0.3, 0.4) is 0 Å². The first kappa shape index (κ1) is 12.1. The molecule has 0 spiro atoms. The van der Waals surface area contributed by atoms with E-state index >= 15 is 0 Å². The Morgan fingerprint density at radius 2 is 2.00 bits per heavy atom. The van der Waals surface area contributed by atoms with Crippen LogP contribution in [0.5, 0.6) is 0 Å². The zero-order valence-electron chi connectivity index (χ0n) is 10.8. The molecular formula is C14H19N3S. The van der Waals surface area contributed by atoms with E-state index in [-0.39, 0.29) is 0 Å². The molecule has 0 atom stereocenters. The molecule has 2 N–H and O–H groups in total. The number of imidazole rings is 1. The van der Waals surface area contributed by atoms with Crippen LogP contribution < -0.4 is 5.73 Å². The molecule has 0 aliphatic heterocycles. The van der Waals surface area contributed by atoms with Gasteiger partial charge in [-0.05, 0) is 48.9 Å². The number of benzene rings is 1. The van der Waals surface area contributed by atoms with E-state index in [1.165, 1.54) is 42.3 Å². The zero-order chi connectivity index (χ0) is 12.5. The van der Waals surface area contributed by atoms with Crippen molar-refractivity contribution in [3.8, 4) is 0 Å². The average molecular weight is 261 g/mol. The fraction of sp³-hybridized carbons (Fsp3) is 0.500. The van der Waals surface area contributed by atoms with E-state index in [1.54, 1.807) is 11.8 Å². The van der Waals surface area contributed by atoms with Gasteiger partial charge in [0.1, 0.15) is 0 Å². The largest absolute Gasteiger partial charge is 0.330 e. The summed E-state index contributed by atoms with van der Waals surface area (Å²) in [5.74, 6) is 0.927. The highest BCUT2D eigenvalue weighted by Gasteiger charge is 2.14. The SMILES string of the molecule is Cn1c(SCCN)nc2cc3c(cc21)CCCC3. The summed E-state index contributed by atoms with van der Waals surface area (Å²) in [6.07, 6.45) is 5.08. The van der Waals surface area contributed by atoms with Crippen LogP contribution in [0.4, 0.5) is 0 Å². The molecule has 0 saturated heterocycles. The standard InChI is InChI=1S/C14H19N3S/c1-17-13-9-11-5-3-2-4-10(11)8-12(13)16-14(17)18-7-6-15/h8-9H,2-7,15H2,1H3. The monoisotopic (exact) mass is 261 g/mol. The summed E-state index contributed by atoms with van der Waals surface area (Å²) >= 11 is 1.74. The second-order valence-electron chi connectivity index (χ2n) is 4.91. The molecule has 2 aromatic rings. The third-order valence-electron chi connectivity index (χ3n) is 3.65. The van der Waals surface area contributed by atoms with Gasteiger partial charge in [0.25, 0.3) is 0 Å². The van der Waals surface area contributed by atoms with Gasteiger partial charge in [0, 0.05) is 19.3 Å². The van der Waals surface area contributed by atoms with Gasteiger partial charge in [-0.25, -0.2) is 4.98 Å². The highest BCUT2D eigenvalue weighted by Crippen LogP contribution is 2.29. The average Bonchev–Trinajstić information content (AvgIpc) is 2.70. The molecular weight excluding hydrogens is 242 g/mol. The normalized spacial score (nSPS) is 15.0. The molecule has 0 bridgehead atoms. The van der Waals surface area contributed by atoms with Gasteiger partial charge in [-0.1, -0.05) is 11.8 Å². The van der Waals surface area contributed by atoms with Crippen LogP contribution >= 0.6 is 11.8 Å². The quantitative estimate of drug-likeness (QED) is 0.863. The first-order valence-corrected chi connectivity index (χ1v) is 7.59. The molecule has 3 nitrogen and oxygen atoms in total. The lowest BCUT2D eigenvalue weighted by molar-refractivity contribution is 0.686. The molecule has 1 aliphatic carbocycles. The van der Waals surface area contributed by atoms with E-state index in [0.717, 1.165) is 16.4 Å². The van der Waals surface area contributed by atoms with E-state index in [1.807, 2.05) is 0 Å². The van der Waals surface area contributed by atoms with Crippen LogP contribution in [-0.2, 0) is 19.9 Å². The van der Waals surface area contributed by atoms with Crippen molar-refractivity contribution in [2.45, 2.75) is 30.8 Å². The molecule has 1 aromatic heterocycles. The summed E-state index contributed by atoms with van der Waals surface area (Å²) in [7, 11) is 2.10. The van der Waals surface area contributed by atoms with Crippen molar-refractivity contribution < 1.29 is 0 Å². The van der Waals surface area contributed by atoms with Crippen LogP contribution in [0, 0.1) is 0 Å². The lowest BCUT2D eigenvalue weighted by atomic mass is 9.91. The Bertz CT molecular complexity index is 574. The minimum absolute atomic E-state index is 0.699. The highest BCUT2D eigenvalue weighted by atomic mass is 32.2. The number of thioether (sulfide) groups is 1. The highest BCUT2D eigenvalue weighted by molar-refractivity contribution is 7.99. The molecule has 0 fully saturated rings. The maximum absolute atomic E-state index is 5.56. The maximum atomic E-state index is 5.56. The smallest absolute Gasteiger partial charge is 0.168 e. The van der Waals surface area contributed by atoms with Crippen LogP contribution in [0.15, 0.2) is 17.3 Å². The van der Waals surface area contributed by atoms with Crippen LogP contribution in [0.1, 0.15) is 24.0 Å². The molecule has 4 heteroatoms. The van der Waals surface area contributed by atoms with Crippen molar-refractivity contribution in [3.05, 3.63) is 23.3 Å². The second kappa shape index (κ2) is 4.94. The van der Waals surface area contributed by atoms with Crippen LogP contribution in [0.25, 0.3) is 11.0 Å². The fourth-order valence-electron chi connectivity index (χ4n) is 2.68. The van der Waals surface area contributed by atoms with Gasteiger partial charge in [0.15, 0.2) is 5.16 Å². The summed E-state index contributed by atoms with van der Waals surface area (Å²) in [4.78, 5) is 4.73. The Morgan fingerprint density at radius 1 is 1.28 bits per heavy atom. The molecule has 3 rings (SSSR count). The zero-order valence-corrected chi connectivity index (χ0v) is 11.6. The lowest BCUT2D eigenvalue weighted by Crippen LogP contribution is -2.03. The van der Waals surface area contributed by atoms with Crippen LogP contribution in [-0.4, -0.2) is 21.8 Å². The summed E-state index contributed by atoms with van der Waals surface area (Å²) in [6, 6.07) is 4.62. The maximum Gasteiger partial charge on any atom is 0.168 e. The number of aromatic nitrogens is 2. The molecule has 1 aliphatic rings. The van der Waals surface area contributed by atoms with Crippen LogP contribution in [0.2, 0.25) is 0 Å². The number of fused-ring (bicyclic) bond motifs is 2. The number of hydrogen-bond donors (Lipinski definition) is 1. The third kappa shape index (κ3) is 2.04. The molecule has 0 saturated carbocycles. The number of nitrogens with two attached hydrogens (primary N) is 1. The molecule has 0 amide bonds. The van der Waals surface area contributed by atoms with Gasteiger partial charge >= 0.3 is 0 Å². The lowest BCUT2D eigenvalue weighted by Gasteiger charge is -2.15. The summed E-state index contributed by atoms with van der Waals surface area (Å²) < 4.78 is 2.20. The van der Waals surface area contributed by atoms with Gasteiger partial charge in [-0.2, -0.15) is 0 Å². The topological polar surface area (TPSA) is 43.8 Å². The number of aryl methyl sites for hydroxylation is 3. The van der Waals surface area contributed by atoms with Crippen molar-refractivity contribution in [3.63, 3.8) is 0 Å². The van der Waals surface area contributed by atoms with Gasteiger partial charge in [0.05, 0.1) is 11.0 Å².